The van der Waals surface area contributed by atoms with E-state index in [2.05, 4.69) is 23.4 Å². The molecule has 0 unspecified atom stereocenters. The summed E-state index contributed by atoms with van der Waals surface area (Å²) in [5.74, 6) is -0.232. The molecule has 0 saturated heterocycles. The molecule has 0 spiro atoms. The Morgan fingerprint density at radius 3 is 2.55 bits per heavy atom. The number of hydrogen-bond donors (Lipinski definition) is 0. The lowest BCUT2D eigenvalue weighted by atomic mass is 10.1. The van der Waals surface area contributed by atoms with Gasteiger partial charge < -0.3 is 14.5 Å². The monoisotopic (exact) mass is 448 g/mol. The molecule has 5 nitrogen and oxygen atoms in total. The number of halogens is 2. The molecule has 0 radical (unpaired) electrons. The van der Waals surface area contributed by atoms with Crippen molar-refractivity contribution in [1.29, 1.82) is 0 Å². The van der Waals surface area contributed by atoms with Crippen LogP contribution in [0.15, 0.2) is 52.6 Å². The van der Waals surface area contributed by atoms with Crippen molar-refractivity contribution in [2.45, 2.75) is 49.1 Å². The van der Waals surface area contributed by atoms with Crippen LogP contribution in [0.5, 0.6) is 0 Å². The SMILES string of the molecule is CC(C)c1nc(CCC(=O)[O-])n(Cc2cccnc2)c1Sc1cc(Cl)cc(Cl)c1. The Morgan fingerprint density at radius 1 is 1.24 bits per heavy atom. The van der Waals surface area contributed by atoms with E-state index in [0.29, 0.717) is 28.8 Å². The second-order valence-electron chi connectivity index (χ2n) is 6.90. The largest absolute Gasteiger partial charge is 0.550 e. The number of pyridine rings is 1. The number of carbonyl (C=O) groups excluding carboxylic acids is 1. The minimum atomic E-state index is -1.09. The van der Waals surface area contributed by atoms with Gasteiger partial charge in [0.2, 0.25) is 0 Å². The van der Waals surface area contributed by atoms with E-state index in [1.807, 2.05) is 24.3 Å². The summed E-state index contributed by atoms with van der Waals surface area (Å²) in [5, 5.41) is 13.1. The fourth-order valence-electron chi connectivity index (χ4n) is 2.93. The smallest absolute Gasteiger partial charge is 0.110 e. The third kappa shape index (κ3) is 5.75. The first-order chi connectivity index (χ1) is 13.8. The molecule has 0 fully saturated rings. The first-order valence-electron chi connectivity index (χ1n) is 9.15. The zero-order valence-electron chi connectivity index (χ0n) is 16.1. The molecular weight excluding hydrogens is 429 g/mol. The summed E-state index contributed by atoms with van der Waals surface area (Å²) in [4.78, 5) is 20.9. The van der Waals surface area contributed by atoms with Gasteiger partial charge in [-0.25, -0.2) is 4.98 Å². The molecule has 0 aliphatic carbocycles. The van der Waals surface area contributed by atoms with E-state index in [9.17, 15) is 9.90 Å². The van der Waals surface area contributed by atoms with Gasteiger partial charge in [0.05, 0.1) is 12.2 Å². The minimum Gasteiger partial charge on any atom is -0.550 e. The summed E-state index contributed by atoms with van der Waals surface area (Å²) in [6.07, 6.45) is 3.72. The van der Waals surface area contributed by atoms with Gasteiger partial charge in [-0.05, 0) is 42.2 Å². The second-order valence-corrected chi connectivity index (χ2v) is 8.83. The van der Waals surface area contributed by atoms with Crippen LogP contribution in [0, 0.1) is 0 Å². The van der Waals surface area contributed by atoms with Crippen molar-refractivity contribution in [1.82, 2.24) is 14.5 Å². The Balaban J connectivity index is 2.08. The molecule has 3 aromatic rings. The molecule has 0 aliphatic rings. The van der Waals surface area contributed by atoms with Crippen LogP contribution >= 0.6 is 35.0 Å². The number of nitrogens with zero attached hydrogens (tertiary/aromatic N) is 3. The van der Waals surface area contributed by atoms with Crippen LogP contribution in [-0.4, -0.2) is 20.5 Å². The Bertz CT molecular complexity index is 986. The minimum absolute atomic E-state index is 0.0886. The van der Waals surface area contributed by atoms with Crippen molar-refractivity contribution in [2.24, 2.45) is 0 Å². The number of benzene rings is 1. The molecule has 0 saturated carbocycles. The predicted molar refractivity (Wildman–Crippen MR) is 114 cm³/mol. The Hall–Kier alpha value is -2.02. The van der Waals surface area contributed by atoms with Gasteiger partial charge in [-0.2, -0.15) is 0 Å². The number of aliphatic carboxylic acids is 1. The topological polar surface area (TPSA) is 70.8 Å². The molecule has 0 atom stereocenters. The molecule has 0 aliphatic heterocycles. The highest BCUT2D eigenvalue weighted by Crippen LogP contribution is 2.37. The van der Waals surface area contributed by atoms with E-state index >= 15 is 0 Å². The summed E-state index contributed by atoms with van der Waals surface area (Å²) >= 11 is 13.9. The van der Waals surface area contributed by atoms with E-state index in [-0.39, 0.29) is 12.3 Å². The van der Waals surface area contributed by atoms with Gasteiger partial charge in [-0.1, -0.05) is 54.9 Å². The molecule has 1 aromatic carbocycles. The number of imidazole rings is 1. The molecule has 2 heterocycles. The van der Waals surface area contributed by atoms with Gasteiger partial charge in [0.15, 0.2) is 0 Å². The highest BCUT2D eigenvalue weighted by atomic mass is 35.5. The molecule has 3 rings (SSSR count). The fourth-order valence-corrected chi connectivity index (χ4v) is 4.84. The summed E-state index contributed by atoms with van der Waals surface area (Å²) in [7, 11) is 0. The normalized spacial score (nSPS) is 11.2. The van der Waals surface area contributed by atoms with Crippen molar-refractivity contribution in [3.8, 4) is 0 Å². The summed E-state index contributed by atoms with van der Waals surface area (Å²) in [5.41, 5.74) is 1.91. The van der Waals surface area contributed by atoms with Crippen LogP contribution in [0.1, 0.15) is 43.3 Å². The van der Waals surface area contributed by atoms with Gasteiger partial charge in [0.25, 0.3) is 0 Å². The molecule has 0 N–H and O–H groups in total. The highest BCUT2D eigenvalue weighted by molar-refractivity contribution is 7.99. The number of rotatable bonds is 8. The van der Waals surface area contributed by atoms with E-state index < -0.39 is 5.97 Å². The summed E-state index contributed by atoms with van der Waals surface area (Å²) in [6, 6.07) is 9.25. The maximum Gasteiger partial charge on any atom is 0.110 e. The predicted octanol–water partition coefficient (Wildman–Crippen LogP) is 4.59. The van der Waals surface area contributed by atoms with Gasteiger partial charge in [-0.3, -0.25) is 4.98 Å². The molecule has 152 valence electrons. The quantitative estimate of drug-likeness (QED) is 0.503. The standard InChI is InChI=1S/C21H21Cl2N3O2S/c1-13(2)20-21(29-17-9-15(22)8-16(23)10-17)26(12-14-4-3-7-24-11-14)18(25-20)5-6-19(27)28/h3-4,7-11,13H,5-6,12H2,1-2H3,(H,27,28)/p-1. The number of carboxylic acids is 1. The van der Waals surface area contributed by atoms with E-state index in [4.69, 9.17) is 28.2 Å². The summed E-state index contributed by atoms with van der Waals surface area (Å²) in [6.45, 7) is 4.66. The zero-order chi connectivity index (χ0) is 21.0. The van der Waals surface area contributed by atoms with Gasteiger partial charge >= 0.3 is 0 Å². The number of aromatic nitrogens is 3. The van der Waals surface area contributed by atoms with Crippen molar-refractivity contribution in [2.75, 3.05) is 0 Å². The molecule has 8 heteroatoms. The van der Waals surface area contributed by atoms with E-state index in [1.165, 1.54) is 11.8 Å². The van der Waals surface area contributed by atoms with Crippen molar-refractivity contribution in [3.63, 3.8) is 0 Å². The van der Waals surface area contributed by atoms with Crippen LogP contribution in [0.4, 0.5) is 0 Å². The highest BCUT2D eigenvalue weighted by Gasteiger charge is 2.21. The molecule has 0 amide bonds. The number of aryl methyl sites for hydroxylation is 1. The van der Waals surface area contributed by atoms with Gasteiger partial charge in [-0.15, -0.1) is 0 Å². The number of hydrogen-bond acceptors (Lipinski definition) is 5. The first-order valence-corrected chi connectivity index (χ1v) is 10.7. The van der Waals surface area contributed by atoms with Crippen LogP contribution in [0.3, 0.4) is 0 Å². The first kappa shape index (κ1) is 21.7. The lowest BCUT2D eigenvalue weighted by molar-refractivity contribution is -0.305. The Kier molecular flexibility index (Phi) is 7.22. The van der Waals surface area contributed by atoms with Crippen LogP contribution in [0.25, 0.3) is 0 Å². The van der Waals surface area contributed by atoms with Crippen LogP contribution < -0.4 is 5.11 Å². The third-order valence-corrected chi connectivity index (χ3v) is 5.77. The van der Waals surface area contributed by atoms with Crippen LogP contribution in [-0.2, 0) is 17.8 Å². The van der Waals surface area contributed by atoms with Crippen molar-refractivity contribution >= 4 is 40.9 Å². The fraction of sp³-hybridized carbons (Fsp3) is 0.286. The average Bonchev–Trinajstić information content (AvgIpc) is 2.97. The van der Waals surface area contributed by atoms with Gasteiger partial charge in [0, 0.05) is 39.7 Å². The maximum atomic E-state index is 11.0. The maximum absolute atomic E-state index is 11.0. The molecule has 2 aromatic heterocycles. The Morgan fingerprint density at radius 2 is 1.97 bits per heavy atom. The number of carboxylic acid groups (broad SMARTS) is 1. The third-order valence-electron chi connectivity index (χ3n) is 4.24. The summed E-state index contributed by atoms with van der Waals surface area (Å²) < 4.78 is 2.05. The average molecular weight is 449 g/mol. The Labute approximate surface area is 184 Å². The van der Waals surface area contributed by atoms with Gasteiger partial charge in [0.1, 0.15) is 10.9 Å². The van der Waals surface area contributed by atoms with E-state index in [1.54, 1.807) is 18.5 Å². The molecule has 0 bridgehead atoms. The lowest BCUT2D eigenvalue weighted by Gasteiger charge is -2.14. The molecular formula is C21H20Cl2N3O2S-. The van der Waals surface area contributed by atoms with Crippen LogP contribution in [0.2, 0.25) is 10.0 Å². The lowest BCUT2D eigenvalue weighted by Crippen LogP contribution is -2.23. The molecule has 29 heavy (non-hydrogen) atoms. The number of carbonyl (C=O) groups is 1. The zero-order valence-corrected chi connectivity index (χ0v) is 18.4. The second kappa shape index (κ2) is 9.65. The van der Waals surface area contributed by atoms with E-state index in [0.717, 1.165) is 21.2 Å². The van der Waals surface area contributed by atoms with Crippen molar-refractivity contribution < 1.29 is 9.90 Å². The van der Waals surface area contributed by atoms with Crippen molar-refractivity contribution in [3.05, 3.63) is 69.9 Å².